The molecule has 2 N–H and O–H groups in total. The van der Waals surface area contributed by atoms with E-state index in [1.165, 1.54) is 18.4 Å². The predicted molar refractivity (Wildman–Crippen MR) is 85.7 cm³/mol. The van der Waals surface area contributed by atoms with Crippen LogP contribution in [0.25, 0.3) is 0 Å². The summed E-state index contributed by atoms with van der Waals surface area (Å²) in [5.41, 5.74) is 6.24. The Hall–Kier alpha value is -0.590. The number of nitrogens with two attached hydrogens (primary N) is 1. The maximum Gasteiger partial charge on any atom is 0.150 e. The number of hydrogen-bond donors (Lipinski definition) is 1. The molecule has 0 amide bonds. The summed E-state index contributed by atoms with van der Waals surface area (Å²) in [6.07, 6.45) is 4.67. The molecule has 1 aliphatic carbocycles. The Morgan fingerprint density at radius 3 is 2.62 bits per heavy atom. The van der Waals surface area contributed by atoms with Crippen molar-refractivity contribution in [3.05, 3.63) is 30.1 Å². The van der Waals surface area contributed by atoms with E-state index in [0.717, 1.165) is 29.9 Å². The summed E-state index contributed by atoms with van der Waals surface area (Å²) in [4.78, 5) is 0.988. The second-order valence-electron chi connectivity index (χ2n) is 5.81. The lowest BCUT2D eigenvalue weighted by Crippen LogP contribution is -2.39. The van der Waals surface area contributed by atoms with Crippen LogP contribution >= 0.6 is 11.8 Å². The zero-order chi connectivity index (χ0) is 15.5. The molecule has 3 nitrogen and oxygen atoms in total. The van der Waals surface area contributed by atoms with Gasteiger partial charge in [-0.2, -0.15) is 0 Å². The van der Waals surface area contributed by atoms with Crippen molar-refractivity contribution in [2.75, 3.05) is 12.0 Å². The standard InChI is InChI=1S/C15H22FNO2S2/c1-21(18,19)14-4-2-3-11(9-14)15(17)10-20-13-7-5-12(16)6-8-13/h5-8,11,14-15H,2-4,9-10,17H2,1H3. The fourth-order valence-corrected chi connectivity index (χ4v) is 5.00. The first-order chi connectivity index (χ1) is 9.86. The van der Waals surface area contributed by atoms with Gasteiger partial charge in [-0.1, -0.05) is 6.42 Å². The fraction of sp³-hybridized carbons (Fsp3) is 0.600. The second-order valence-corrected chi connectivity index (χ2v) is 9.23. The molecule has 1 aromatic rings. The number of halogens is 1. The minimum Gasteiger partial charge on any atom is -0.327 e. The summed E-state index contributed by atoms with van der Waals surface area (Å²) in [6, 6.07) is 6.34. The molecule has 21 heavy (non-hydrogen) atoms. The van der Waals surface area contributed by atoms with E-state index < -0.39 is 9.84 Å². The highest BCUT2D eigenvalue weighted by molar-refractivity contribution is 7.99. The van der Waals surface area contributed by atoms with E-state index in [1.54, 1.807) is 23.9 Å². The Kier molecular flexibility index (Phi) is 5.68. The number of hydrogen-bond acceptors (Lipinski definition) is 4. The summed E-state index contributed by atoms with van der Waals surface area (Å²) in [5, 5.41) is -0.238. The summed E-state index contributed by atoms with van der Waals surface area (Å²) >= 11 is 1.60. The van der Waals surface area contributed by atoms with Gasteiger partial charge in [0.2, 0.25) is 0 Å². The Morgan fingerprint density at radius 1 is 1.33 bits per heavy atom. The van der Waals surface area contributed by atoms with Gasteiger partial charge in [-0.05, 0) is 49.4 Å². The van der Waals surface area contributed by atoms with Gasteiger partial charge in [0.15, 0.2) is 0 Å². The van der Waals surface area contributed by atoms with E-state index in [4.69, 9.17) is 5.73 Å². The van der Waals surface area contributed by atoms with Crippen LogP contribution in [0.2, 0.25) is 0 Å². The molecule has 3 atom stereocenters. The van der Waals surface area contributed by atoms with Crippen LogP contribution in [0.3, 0.4) is 0 Å². The molecule has 0 aliphatic heterocycles. The van der Waals surface area contributed by atoms with Gasteiger partial charge in [-0.3, -0.25) is 0 Å². The molecule has 0 aromatic heterocycles. The Balaban J connectivity index is 1.88. The van der Waals surface area contributed by atoms with Gasteiger partial charge in [0.25, 0.3) is 0 Å². The number of sulfone groups is 1. The fourth-order valence-electron chi connectivity index (χ4n) is 2.82. The van der Waals surface area contributed by atoms with Gasteiger partial charge in [0.1, 0.15) is 15.7 Å². The van der Waals surface area contributed by atoms with Crippen molar-refractivity contribution in [2.45, 2.75) is 41.9 Å². The molecular formula is C15H22FNO2S2. The average molecular weight is 331 g/mol. The largest absolute Gasteiger partial charge is 0.327 e. The molecule has 2 rings (SSSR count). The molecule has 3 unspecified atom stereocenters. The number of thioether (sulfide) groups is 1. The van der Waals surface area contributed by atoms with E-state index >= 15 is 0 Å². The van der Waals surface area contributed by atoms with Crippen LogP contribution in [0.4, 0.5) is 4.39 Å². The lowest BCUT2D eigenvalue weighted by molar-refractivity contribution is 0.319. The van der Waals surface area contributed by atoms with Gasteiger partial charge in [0.05, 0.1) is 5.25 Å². The minimum absolute atomic E-state index is 0.0235. The topological polar surface area (TPSA) is 60.2 Å². The zero-order valence-corrected chi connectivity index (χ0v) is 13.8. The van der Waals surface area contributed by atoms with Crippen LogP contribution < -0.4 is 5.73 Å². The summed E-state index contributed by atoms with van der Waals surface area (Å²) in [6.45, 7) is 0. The first-order valence-electron chi connectivity index (χ1n) is 7.19. The summed E-state index contributed by atoms with van der Waals surface area (Å²) in [7, 11) is -2.97. The van der Waals surface area contributed by atoms with Gasteiger partial charge >= 0.3 is 0 Å². The van der Waals surface area contributed by atoms with Crippen molar-refractivity contribution >= 4 is 21.6 Å². The monoisotopic (exact) mass is 331 g/mol. The van der Waals surface area contributed by atoms with Crippen LogP contribution in [0.15, 0.2) is 29.2 Å². The summed E-state index contributed by atoms with van der Waals surface area (Å²) < 4.78 is 36.2. The van der Waals surface area contributed by atoms with E-state index in [1.807, 2.05) is 0 Å². The molecule has 1 aliphatic rings. The molecule has 0 spiro atoms. The molecule has 0 heterocycles. The third-order valence-corrected chi connectivity index (χ3v) is 6.93. The molecule has 6 heteroatoms. The highest BCUT2D eigenvalue weighted by Gasteiger charge is 2.31. The third kappa shape index (κ3) is 4.97. The first-order valence-corrected chi connectivity index (χ1v) is 10.1. The Labute approximate surface area is 130 Å². The molecule has 1 saturated carbocycles. The van der Waals surface area contributed by atoms with Crippen molar-refractivity contribution in [1.29, 1.82) is 0 Å². The predicted octanol–water partition coefficient (Wildman–Crippen LogP) is 2.85. The normalized spacial score (nSPS) is 24.7. The Morgan fingerprint density at radius 2 is 2.00 bits per heavy atom. The van der Waals surface area contributed by atoms with Gasteiger partial charge in [-0.15, -0.1) is 11.8 Å². The van der Waals surface area contributed by atoms with E-state index in [9.17, 15) is 12.8 Å². The second kappa shape index (κ2) is 7.11. The van der Waals surface area contributed by atoms with Gasteiger partial charge in [-0.25, -0.2) is 12.8 Å². The lowest BCUT2D eigenvalue weighted by atomic mass is 9.84. The maximum atomic E-state index is 12.8. The third-order valence-electron chi connectivity index (χ3n) is 4.13. The summed E-state index contributed by atoms with van der Waals surface area (Å²) in [5.74, 6) is 0.741. The van der Waals surface area contributed by atoms with Crippen molar-refractivity contribution in [2.24, 2.45) is 11.7 Å². The molecule has 0 radical (unpaired) electrons. The average Bonchev–Trinajstić information content (AvgIpc) is 2.45. The first kappa shape index (κ1) is 16.8. The van der Waals surface area contributed by atoms with Crippen molar-refractivity contribution in [3.63, 3.8) is 0 Å². The molecule has 0 saturated heterocycles. The number of rotatable bonds is 5. The Bertz CT molecular complexity index is 560. The molecule has 0 bridgehead atoms. The van der Waals surface area contributed by atoms with Crippen LogP contribution in [-0.4, -0.2) is 31.7 Å². The number of benzene rings is 1. The molecule has 1 fully saturated rings. The van der Waals surface area contributed by atoms with Crippen molar-refractivity contribution < 1.29 is 12.8 Å². The zero-order valence-electron chi connectivity index (χ0n) is 12.2. The lowest BCUT2D eigenvalue weighted by Gasteiger charge is -2.31. The minimum atomic E-state index is -2.97. The van der Waals surface area contributed by atoms with Crippen molar-refractivity contribution in [3.8, 4) is 0 Å². The van der Waals surface area contributed by atoms with Crippen molar-refractivity contribution in [1.82, 2.24) is 0 Å². The highest BCUT2D eigenvalue weighted by Crippen LogP contribution is 2.32. The van der Waals surface area contributed by atoms with Gasteiger partial charge in [0, 0.05) is 22.9 Å². The van der Waals surface area contributed by atoms with Crippen LogP contribution in [0.1, 0.15) is 25.7 Å². The maximum absolute atomic E-state index is 12.8. The van der Waals surface area contributed by atoms with E-state index in [2.05, 4.69) is 0 Å². The highest BCUT2D eigenvalue weighted by atomic mass is 32.2. The molecule has 1 aromatic carbocycles. The van der Waals surface area contributed by atoms with Crippen LogP contribution in [0, 0.1) is 11.7 Å². The van der Waals surface area contributed by atoms with E-state index in [-0.39, 0.29) is 23.0 Å². The molecular weight excluding hydrogens is 309 g/mol. The smallest absolute Gasteiger partial charge is 0.150 e. The van der Waals surface area contributed by atoms with E-state index in [0.29, 0.717) is 6.42 Å². The van der Waals surface area contributed by atoms with Gasteiger partial charge < -0.3 is 5.73 Å². The molecule has 118 valence electrons. The van der Waals surface area contributed by atoms with Crippen LogP contribution in [0.5, 0.6) is 0 Å². The quantitative estimate of drug-likeness (QED) is 0.843. The van der Waals surface area contributed by atoms with Crippen LogP contribution in [-0.2, 0) is 9.84 Å². The SMILES string of the molecule is CS(=O)(=O)C1CCCC(C(N)CSc2ccc(F)cc2)C1.